The highest BCUT2D eigenvalue weighted by atomic mass is 19.1. The van der Waals surface area contributed by atoms with E-state index >= 15 is 0 Å². The first-order chi connectivity index (χ1) is 8.59. The van der Waals surface area contributed by atoms with Crippen molar-refractivity contribution >= 4 is 5.91 Å². The summed E-state index contributed by atoms with van der Waals surface area (Å²) >= 11 is 0. The fourth-order valence-electron chi connectivity index (χ4n) is 2.54. The molecule has 4 heteroatoms. The predicted molar refractivity (Wildman–Crippen MR) is 68.2 cm³/mol. The van der Waals surface area contributed by atoms with E-state index < -0.39 is 0 Å². The minimum atomic E-state index is -0.270. The maximum atomic E-state index is 13.5. The average molecular weight is 250 g/mol. The second-order valence-corrected chi connectivity index (χ2v) is 4.99. The molecule has 0 aliphatic heterocycles. The molecule has 0 bridgehead atoms. The van der Waals surface area contributed by atoms with Gasteiger partial charge in [-0.05, 0) is 18.9 Å². The molecule has 0 saturated heterocycles. The standard InChI is InChI=1S/C14H19FN2O/c1-17(9-10-5-2-3-7-12(10)15)14(18)11-6-4-8-13(11)16/h2-3,5,7,11,13H,4,6,8-9,16H2,1H3. The molecule has 0 radical (unpaired) electrons. The number of hydrogen-bond acceptors (Lipinski definition) is 2. The molecule has 1 aliphatic rings. The summed E-state index contributed by atoms with van der Waals surface area (Å²) in [6.45, 7) is 0.300. The number of rotatable bonds is 3. The minimum absolute atomic E-state index is 0.0308. The van der Waals surface area contributed by atoms with Crippen molar-refractivity contribution in [3.63, 3.8) is 0 Å². The number of nitrogens with two attached hydrogens (primary N) is 1. The van der Waals surface area contributed by atoms with Gasteiger partial charge in [-0.15, -0.1) is 0 Å². The van der Waals surface area contributed by atoms with Gasteiger partial charge in [0.2, 0.25) is 5.91 Å². The summed E-state index contributed by atoms with van der Waals surface area (Å²) < 4.78 is 13.5. The summed E-state index contributed by atoms with van der Waals surface area (Å²) in [6.07, 6.45) is 2.76. The second kappa shape index (κ2) is 5.48. The van der Waals surface area contributed by atoms with E-state index in [9.17, 15) is 9.18 Å². The van der Waals surface area contributed by atoms with Crippen LogP contribution in [0.1, 0.15) is 24.8 Å². The molecule has 1 amide bonds. The van der Waals surface area contributed by atoms with Gasteiger partial charge in [0.1, 0.15) is 5.82 Å². The average Bonchev–Trinajstić information content (AvgIpc) is 2.77. The van der Waals surface area contributed by atoms with Crippen LogP contribution in [-0.4, -0.2) is 23.9 Å². The van der Waals surface area contributed by atoms with E-state index in [0.29, 0.717) is 12.1 Å². The van der Waals surface area contributed by atoms with Gasteiger partial charge >= 0.3 is 0 Å². The maximum Gasteiger partial charge on any atom is 0.227 e. The van der Waals surface area contributed by atoms with Crippen LogP contribution in [0, 0.1) is 11.7 Å². The monoisotopic (exact) mass is 250 g/mol. The molecule has 1 fully saturated rings. The van der Waals surface area contributed by atoms with Gasteiger partial charge in [0.05, 0.1) is 5.92 Å². The fourth-order valence-corrected chi connectivity index (χ4v) is 2.54. The van der Waals surface area contributed by atoms with E-state index in [4.69, 9.17) is 5.73 Å². The summed E-state index contributed by atoms with van der Waals surface area (Å²) in [6, 6.07) is 6.49. The van der Waals surface area contributed by atoms with Crippen molar-refractivity contribution in [2.75, 3.05) is 7.05 Å². The quantitative estimate of drug-likeness (QED) is 0.890. The number of nitrogens with zero attached hydrogens (tertiary/aromatic N) is 1. The number of benzene rings is 1. The zero-order valence-corrected chi connectivity index (χ0v) is 10.6. The third-order valence-electron chi connectivity index (χ3n) is 3.63. The summed E-state index contributed by atoms with van der Waals surface area (Å²) in [5.74, 6) is -0.335. The van der Waals surface area contributed by atoms with Gasteiger partial charge < -0.3 is 10.6 Å². The highest BCUT2D eigenvalue weighted by Gasteiger charge is 2.32. The lowest BCUT2D eigenvalue weighted by molar-refractivity contribution is -0.134. The molecule has 2 N–H and O–H groups in total. The van der Waals surface area contributed by atoms with Crippen molar-refractivity contribution in [3.8, 4) is 0 Å². The highest BCUT2D eigenvalue weighted by Crippen LogP contribution is 2.26. The second-order valence-electron chi connectivity index (χ2n) is 4.99. The molecule has 0 heterocycles. The van der Waals surface area contributed by atoms with Crippen molar-refractivity contribution < 1.29 is 9.18 Å². The van der Waals surface area contributed by atoms with Gasteiger partial charge in [0.25, 0.3) is 0 Å². The van der Waals surface area contributed by atoms with Crippen molar-refractivity contribution in [2.24, 2.45) is 11.7 Å². The van der Waals surface area contributed by atoms with E-state index in [-0.39, 0.29) is 23.7 Å². The molecular formula is C14H19FN2O. The van der Waals surface area contributed by atoms with Crippen LogP contribution < -0.4 is 5.73 Å². The van der Waals surface area contributed by atoms with E-state index in [1.807, 2.05) is 0 Å². The minimum Gasteiger partial charge on any atom is -0.341 e. The van der Waals surface area contributed by atoms with Gasteiger partial charge in [-0.2, -0.15) is 0 Å². The van der Waals surface area contributed by atoms with Crippen molar-refractivity contribution in [1.29, 1.82) is 0 Å². The summed E-state index contributed by atoms with van der Waals surface area (Å²) in [5, 5.41) is 0. The Labute approximate surface area is 107 Å². The molecule has 1 aliphatic carbocycles. The van der Waals surface area contributed by atoms with Crippen molar-refractivity contribution in [3.05, 3.63) is 35.6 Å². The number of carbonyl (C=O) groups is 1. The number of halogens is 1. The normalized spacial score (nSPS) is 23.1. The zero-order chi connectivity index (χ0) is 13.1. The zero-order valence-electron chi connectivity index (χ0n) is 10.6. The van der Waals surface area contributed by atoms with Gasteiger partial charge in [0, 0.05) is 25.2 Å². The van der Waals surface area contributed by atoms with E-state index in [2.05, 4.69) is 0 Å². The molecule has 3 nitrogen and oxygen atoms in total. The van der Waals surface area contributed by atoms with E-state index in [0.717, 1.165) is 19.3 Å². The largest absolute Gasteiger partial charge is 0.341 e. The Bertz CT molecular complexity index is 436. The lowest BCUT2D eigenvalue weighted by Gasteiger charge is -2.23. The number of hydrogen-bond donors (Lipinski definition) is 1. The van der Waals surface area contributed by atoms with Crippen LogP contribution in [0.15, 0.2) is 24.3 Å². The third kappa shape index (κ3) is 2.70. The molecule has 1 aromatic carbocycles. The predicted octanol–water partition coefficient (Wildman–Crippen LogP) is 1.91. The Balaban J connectivity index is 2.01. The smallest absolute Gasteiger partial charge is 0.227 e. The number of amides is 1. The molecule has 2 atom stereocenters. The lowest BCUT2D eigenvalue weighted by atomic mass is 10.0. The SMILES string of the molecule is CN(Cc1ccccc1F)C(=O)C1CCCC1N. The fraction of sp³-hybridized carbons (Fsp3) is 0.500. The molecular weight excluding hydrogens is 231 g/mol. The van der Waals surface area contributed by atoms with Crippen LogP contribution in [0.2, 0.25) is 0 Å². The molecule has 2 unspecified atom stereocenters. The summed E-state index contributed by atoms with van der Waals surface area (Å²) in [7, 11) is 1.71. The maximum absolute atomic E-state index is 13.5. The Hall–Kier alpha value is -1.42. The molecule has 0 aromatic heterocycles. The first-order valence-electron chi connectivity index (χ1n) is 6.33. The Kier molecular flexibility index (Phi) is 3.97. The van der Waals surface area contributed by atoms with Crippen LogP contribution in [0.4, 0.5) is 4.39 Å². The topological polar surface area (TPSA) is 46.3 Å². The van der Waals surface area contributed by atoms with Crippen molar-refractivity contribution in [2.45, 2.75) is 31.8 Å². The van der Waals surface area contributed by atoms with Crippen LogP contribution in [0.3, 0.4) is 0 Å². The van der Waals surface area contributed by atoms with Crippen molar-refractivity contribution in [1.82, 2.24) is 4.90 Å². The Morgan fingerprint density at radius 2 is 2.17 bits per heavy atom. The molecule has 1 saturated carbocycles. The van der Waals surface area contributed by atoms with E-state index in [1.54, 1.807) is 30.1 Å². The summed E-state index contributed by atoms with van der Waals surface area (Å²) in [5.41, 5.74) is 6.46. The van der Waals surface area contributed by atoms with Gasteiger partial charge in [-0.25, -0.2) is 4.39 Å². The van der Waals surface area contributed by atoms with Crippen LogP contribution in [0.5, 0.6) is 0 Å². The third-order valence-corrected chi connectivity index (χ3v) is 3.63. The first kappa shape index (κ1) is 13.0. The lowest BCUT2D eigenvalue weighted by Crippen LogP contribution is -2.39. The van der Waals surface area contributed by atoms with Crippen LogP contribution >= 0.6 is 0 Å². The highest BCUT2D eigenvalue weighted by molar-refractivity contribution is 5.79. The van der Waals surface area contributed by atoms with Gasteiger partial charge in [-0.1, -0.05) is 24.6 Å². The molecule has 18 heavy (non-hydrogen) atoms. The molecule has 0 spiro atoms. The number of carbonyl (C=O) groups excluding carboxylic acids is 1. The molecule has 98 valence electrons. The molecule has 2 rings (SSSR count). The molecule has 1 aromatic rings. The Morgan fingerprint density at radius 3 is 2.78 bits per heavy atom. The first-order valence-corrected chi connectivity index (χ1v) is 6.33. The van der Waals surface area contributed by atoms with Gasteiger partial charge in [0.15, 0.2) is 0 Å². The van der Waals surface area contributed by atoms with Gasteiger partial charge in [-0.3, -0.25) is 4.79 Å². The van der Waals surface area contributed by atoms with Crippen LogP contribution in [0.25, 0.3) is 0 Å². The Morgan fingerprint density at radius 1 is 1.44 bits per heavy atom. The summed E-state index contributed by atoms with van der Waals surface area (Å²) in [4.78, 5) is 13.8. The van der Waals surface area contributed by atoms with Crippen LogP contribution in [-0.2, 0) is 11.3 Å². The van der Waals surface area contributed by atoms with E-state index in [1.165, 1.54) is 6.07 Å².